The minimum atomic E-state index is -1.23. The zero-order chi connectivity index (χ0) is 21.7. The fourth-order valence-corrected chi connectivity index (χ4v) is 5.01. The average Bonchev–Trinajstić information content (AvgIpc) is 3.32. The van der Waals surface area contributed by atoms with Crippen LogP contribution in [0.15, 0.2) is 43.0 Å². The summed E-state index contributed by atoms with van der Waals surface area (Å²) in [6.07, 6.45) is 2.04. The molecular formula is C23H28N2O6. The van der Waals surface area contributed by atoms with Gasteiger partial charge in [-0.1, -0.05) is 43.3 Å². The first-order valence-electron chi connectivity index (χ1n) is 10.7. The van der Waals surface area contributed by atoms with E-state index in [9.17, 15) is 9.59 Å². The van der Waals surface area contributed by atoms with Crippen LogP contribution in [0.5, 0.6) is 0 Å². The Hall–Kier alpha value is -2.42. The van der Waals surface area contributed by atoms with Crippen molar-refractivity contribution in [2.45, 2.75) is 37.3 Å². The van der Waals surface area contributed by atoms with Crippen LogP contribution in [-0.4, -0.2) is 72.8 Å². The fourth-order valence-electron chi connectivity index (χ4n) is 5.01. The van der Waals surface area contributed by atoms with E-state index < -0.39 is 17.6 Å². The molecule has 31 heavy (non-hydrogen) atoms. The molecule has 5 saturated heterocycles. The van der Waals surface area contributed by atoms with Crippen molar-refractivity contribution in [1.29, 1.82) is 0 Å². The first kappa shape index (κ1) is 20.5. The number of benzene rings is 1. The van der Waals surface area contributed by atoms with Crippen LogP contribution in [-0.2, 0) is 23.7 Å². The molecule has 0 radical (unpaired) electrons. The highest BCUT2D eigenvalue weighted by atomic mass is 16.9. The van der Waals surface area contributed by atoms with Gasteiger partial charge in [0.15, 0.2) is 0 Å². The number of cyclic esters (lactones) is 1. The Labute approximate surface area is 181 Å². The standard InChI is InChI=1S/C23H28N2O6/c1-3-9-22(25-18(12-28-20(25)27)17-7-5-4-6-8-17)10-11-24(19(22)26)13-23-29-14-21(2,15-30-23)16-31-23/h3-8,18H,1,9-16H2,2H3/t18-,21?,22-,23?/m1/s1. The lowest BCUT2D eigenvalue weighted by Gasteiger charge is -2.51. The minimum absolute atomic E-state index is 0.147. The molecule has 6 rings (SSSR count). The molecule has 1 aromatic carbocycles. The van der Waals surface area contributed by atoms with Crippen LogP contribution in [0.1, 0.15) is 31.4 Å². The zero-order valence-electron chi connectivity index (χ0n) is 17.7. The molecule has 5 aliphatic rings. The van der Waals surface area contributed by atoms with Gasteiger partial charge >= 0.3 is 12.1 Å². The molecule has 0 spiro atoms. The maximum absolute atomic E-state index is 13.8. The van der Waals surface area contributed by atoms with Crippen molar-refractivity contribution in [1.82, 2.24) is 9.80 Å². The first-order valence-corrected chi connectivity index (χ1v) is 10.7. The van der Waals surface area contributed by atoms with E-state index in [1.54, 1.807) is 15.9 Å². The van der Waals surface area contributed by atoms with Crippen LogP contribution in [0.2, 0.25) is 0 Å². The fraction of sp³-hybridized carbons (Fsp3) is 0.565. The van der Waals surface area contributed by atoms with Crippen LogP contribution < -0.4 is 0 Å². The Morgan fingerprint density at radius 1 is 1.13 bits per heavy atom. The SMILES string of the molecule is C=CC[C@@]1(N2C(=O)OC[C@@H]2c2ccccc2)CCN(CC23OCC(C)(CO2)CO3)C1=O. The molecule has 2 bridgehead atoms. The molecule has 0 aromatic heterocycles. The summed E-state index contributed by atoms with van der Waals surface area (Å²) in [4.78, 5) is 30.0. The highest BCUT2D eigenvalue weighted by Crippen LogP contribution is 2.44. The quantitative estimate of drug-likeness (QED) is 0.648. The van der Waals surface area contributed by atoms with Gasteiger partial charge < -0.3 is 23.8 Å². The van der Waals surface area contributed by atoms with Gasteiger partial charge in [0, 0.05) is 12.0 Å². The summed E-state index contributed by atoms with van der Waals surface area (Å²) < 4.78 is 23.1. The van der Waals surface area contributed by atoms with Crippen molar-refractivity contribution in [3.63, 3.8) is 0 Å². The molecule has 5 aliphatic heterocycles. The Morgan fingerprint density at radius 2 is 1.81 bits per heavy atom. The molecule has 2 atom stereocenters. The number of carbonyl (C=O) groups excluding carboxylic acids is 2. The number of ether oxygens (including phenoxy) is 4. The second-order valence-corrected chi connectivity index (χ2v) is 9.23. The number of amides is 2. The van der Waals surface area contributed by atoms with Crippen LogP contribution in [0.4, 0.5) is 4.79 Å². The van der Waals surface area contributed by atoms with Gasteiger partial charge in [-0.25, -0.2) is 4.79 Å². The van der Waals surface area contributed by atoms with E-state index in [-0.39, 0.29) is 30.5 Å². The second-order valence-electron chi connectivity index (χ2n) is 9.23. The van der Waals surface area contributed by atoms with Gasteiger partial charge in [-0.05, 0) is 18.4 Å². The van der Waals surface area contributed by atoms with Gasteiger partial charge in [0.1, 0.15) is 18.7 Å². The normalized spacial score (nSPS) is 37.4. The lowest BCUT2D eigenvalue weighted by Crippen LogP contribution is -2.64. The first-order chi connectivity index (χ1) is 14.9. The predicted octanol–water partition coefficient (Wildman–Crippen LogP) is 2.46. The molecule has 1 aromatic rings. The van der Waals surface area contributed by atoms with Crippen LogP contribution >= 0.6 is 0 Å². The Kier molecular flexibility index (Phi) is 4.84. The van der Waals surface area contributed by atoms with E-state index in [2.05, 4.69) is 13.5 Å². The number of carbonyl (C=O) groups is 2. The monoisotopic (exact) mass is 428 g/mol. The maximum atomic E-state index is 13.8. The van der Waals surface area contributed by atoms with Gasteiger partial charge in [0.05, 0.1) is 25.9 Å². The zero-order valence-corrected chi connectivity index (χ0v) is 17.7. The minimum Gasteiger partial charge on any atom is -0.447 e. The second kappa shape index (κ2) is 7.32. The lowest BCUT2D eigenvalue weighted by atomic mass is 9.88. The number of fused-ring (bicyclic) bond motifs is 3. The van der Waals surface area contributed by atoms with E-state index in [0.29, 0.717) is 39.2 Å². The number of hydrogen-bond acceptors (Lipinski definition) is 6. The summed E-state index contributed by atoms with van der Waals surface area (Å²) in [5.74, 6) is -1.39. The molecule has 0 unspecified atom stereocenters. The molecule has 8 heteroatoms. The van der Waals surface area contributed by atoms with E-state index in [1.807, 2.05) is 30.3 Å². The molecular weight excluding hydrogens is 400 g/mol. The molecule has 5 heterocycles. The average molecular weight is 428 g/mol. The highest BCUT2D eigenvalue weighted by Gasteiger charge is 2.59. The Balaban J connectivity index is 1.42. The molecule has 2 amide bonds. The van der Waals surface area contributed by atoms with Crippen LogP contribution in [0.3, 0.4) is 0 Å². The summed E-state index contributed by atoms with van der Waals surface area (Å²) >= 11 is 0. The molecule has 166 valence electrons. The summed E-state index contributed by atoms with van der Waals surface area (Å²) in [6.45, 7) is 8.34. The number of nitrogens with zero attached hydrogens (tertiary/aromatic N) is 2. The summed E-state index contributed by atoms with van der Waals surface area (Å²) in [7, 11) is 0. The van der Waals surface area contributed by atoms with Crippen molar-refractivity contribution < 1.29 is 28.5 Å². The molecule has 5 fully saturated rings. The number of likely N-dealkylation sites (tertiary alicyclic amines) is 1. The number of hydrogen-bond donors (Lipinski definition) is 0. The molecule has 0 N–H and O–H groups in total. The predicted molar refractivity (Wildman–Crippen MR) is 110 cm³/mol. The third-order valence-electron chi connectivity index (χ3n) is 6.79. The van der Waals surface area contributed by atoms with Gasteiger partial charge in [0.2, 0.25) is 5.91 Å². The Morgan fingerprint density at radius 3 is 2.45 bits per heavy atom. The van der Waals surface area contributed by atoms with Crippen molar-refractivity contribution in [2.24, 2.45) is 5.41 Å². The topological polar surface area (TPSA) is 77.5 Å². The third kappa shape index (κ3) is 3.24. The molecule has 8 nitrogen and oxygen atoms in total. The summed E-state index contributed by atoms with van der Waals surface area (Å²) in [5, 5.41) is 0. The Bertz CT molecular complexity index is 865. The van der Waals surface area contributed by atoms with Crippen molar-refractivity contribution in [3.05, 3.63) is 48.6 Å². The largest absolute Gasteiger partial charge is 0.447 e. The lowest BCUT2D eigenvalue weighted by molar-refractivity contribution is -0.466. The summed E-state index contributed by atoms with van der Waals surface area (Å²) in [5.41, 5.74) is -0.258. The van der Waals surface area contributed by atoms with Crippen molar-refractivity contribution >= 4 is 12.0 Å². The van der Waals surface area contributed by atoms with Crippen molar-refractivity contribution in [3.8, 4) is 0 Å². The van der Waals surface area contributed by atoms with Gasteiger partial charge in [-0.15, -0.1) is 6.58 Å². The summed E-state index contributed by atoms with van der Waals surface area (Å²) in [6, 6.07) is 9.34. The van der Waals surface area contributed by atoms with Gasteiger partial charge in [-0.2, -0.15) is 0 Å². The van der Waals surface area contributed by atoms with Gasteiger partial charge in [-0.3, -0.25) is 9.69 Å². The smallest absolute Gasteiger partial charge is 0.411 e. The van der Waals surface area contributed by atoms with Crippen LogP contribution in [0.25, 0.3) is 0 Å². The molecule has 0 saturated carbocycles. The van der Waals surface area contributed by atoms with E-state index in [0.717, 1.165) is 5.56 Å². The van der Waals surface area contributed by atoms with Crippen LogP contribution in [0, 0.1) is 5.41 Å². The van der Waals surface area contributed by atoms with E-state index in [4.69, 9.17) is 18.9 Å². The van der Waals surface area contributed by atoms with E-state index in [1.165, 1.54) is 0 Å². The third-order valence-corrected chi connectivity index (χ3v) is 6.79. The van der Waals surface area contributed by atoms with E-state index >= 15 is 0 Å². The van der Waals surface area contributed by atoms with Crippen molar-refractivity contribution in [2.75, 3.05) is 39.5 Å². The number of rotatable bonds is 6. The molecule has 0 aliphatic carbocycles. The van der Waals surface area contributed by atoms with Gasteiger partial charge in [0.25, 0.3) is 0 Å². The maximum Gasteiger partial charge on any atom is 0.411 e. The highest BCUT2D eigenvalue weighted by molar-refractivity contribution is 5.93.